The molecule has 0 saturated heterocycles. The Morgan fingerprint density at radius 3 is 1.38 bits per heavy atom. The molecule has 5 nitrogen and oxygen atoms in total. The topological polar surface area (TPSA) is 44.4 Å². The van der Waals surface area contributed by atoms with Crippen molar-refractivity contribution in [3.63, 3.8) is 0 Å². The van der Waals surface area contributed by atoms with E-state index < -0.39 is 0 Å². The number of halogens is 2. The number of hydrogen-bond donors (Lipinski definition) is 2. The van der Waals surface area contributed by atoms with Crippen molar-refractivity contribution in [2.45, 2.75) is 27.7 Å². The molecular formula is C25H34Cl2N2O3+2. The van der Waals surface area contributed by atoms with Gasteiger partial charge in [-0.05, 0) is 63.1 Å². The van der Waals surface area contributed by atoms with Crippen LogP contribution in [0, 0.1) is 0 Å². The lowest BCUT2D eigenvalue weighted by Gasteiger charge is -2.16. The average molecular weight is 481 g/mol. The first-order valence-corrected chi connectivity index (χ1v) is 12.3. The zero-order chi connectivity index (χ0) is 23.3. The van der Waals surface area contributed by atoms with Gasteiger partial charge >= 0.3 is 0 Å². The minimum Gasteiger partial charge on any atom is -0.486 e. The van der Waals surface area contributed by atoms with E-state index in [0.717, 1.165) is 50.4 Å². The van der Waals surface area contributed by atoms with Crippen molar-refractivity contribution in [2.24, 2.45) is 0 Å². The van der Waals surface area contributed by atoms with Crippen LogP contribution in [-0.2, 0) is 0 Å². The van der Waals surface area contributed by atoms with E-state index >= 15 is 0 Å². The van der Waals surface area contributed by atoms with Crippen LogP contribution in [0.25, 0.3) is 11.1 Å². The highest BCUT2D eigenvalue weighted by Gasteiger charge is 2.30. The molecule has 1 aliphatic carbocycles. The summed E-state index contributed by atoms with van der Waals surface area (Å²) in [5.74, 6) is 1.03. The first-order valence-electron chi connectivity index (χ1n) is 11.6. The molecule has 0 aromatic heterocycles. The first kappa shape index (κ1) is 24.8. The van der Waals surface area contributed by atoms with E-state index in [1.165, 1.54) is 9.80 Å². The van der Waals surface area contributed by atoms with Gasteiger partial charge in [-0.2, -0.15) is 0 Å². The summed E-state index contributed by atoms with van der Waals surface area (Å²) in [7, 11) is 0. The van der Waals surface area contributed by atoms with Gasteiger partial charge in [-0.3, -0.25) is 4.79 Å². The molecule has 2 aromatic carbocycles. The molecule has 2 N–H and O–H groups in total. The van der Waals surface area contributed by atoms with Crippen LogP contribution in [0.4, 0.5) is 0 Å². The van der Waals surface area contributed by atoms with Crippen molar-refractivity contribution in [2.75, 3.05) is 52.5 Å². The highest BCUT2D eigenvalue weighted by atomic mass is 35.5. The molecule has 1 aliphatic rings. The molecule has 0 unspecified atom stereocenters. The van der Waals surface area contributed by atoms with Crippen LogP contribution in [0.5, 0.6) is 11.5 Å². The second-order valence-corrected chi connectivity index (χ2v) is 8.91. The molecule has 0 heterocycles. The molecule has 2 aromatic rings. The second kappa shape index (κ2) is 11.4. The van der Waals surface area contributed by atoms with E-state index in [4.69, 9.17) is 32.7 Å². The molecule has 0 aliphatic heterocycles. The third kappa shape index (κ3) is 5.40. The summed E-state index contributed by atoms with van der Waals surface area (Å²) < 4.78 is 11.9. The van der Waals surface area contributed by atoms with Gasteiger partial charge in [-0.1, -0.05) is 23.2 Å². The second-order valence-electron chi connectivity index (χ2n) is 8.10. The lowest BCUT2D eigenvalue weighted by Crippen LogP contribution is -3.12. The largest absolute Gasteiger partial charge is 0.486 e. The number of carbonyl (C=O) groups excluding carboxylic acids is 1. The number of ether oxygens (including phenoxy) is 2. The van der Waals surface area contributed by atoms with Crippen molar-refractivity contribution in [3.05, 3.63) is 45.4 Å². The number of likely N-dealkylation sites (N-methyl/N-ethyl adjacent to an activating group) is 2. The highest BCUT2D eigenvalue weighted by molar-refractivity contribution is 6.35. The molecule has 3 rings (SSSR count). The van der Waals surface area contributed by atoms with Crippen LogP contribution in [-0.4, -0.2) is 58.3 Å². The molecule has 0 bridgehead atoms. The van der Waals surface area contributed by atoms with Crippen molar-refractivity contribution in [1.29, 1.82) is 0 Å². The molecule has 0 fully saturated rings. The van der Waals surface area contributed by atoms with Crippen LogP contribution in [0.3, 0.4) is 0 Å². The SMILES string of the molecule is CC[NH+](CC)CCOc1cc2c(cc1Cl)-c1cc(Cl)c(OCC[NH+](CC)CC)cc1C2=O. The van der Waals surface area contributed by atoms with Gasteiger partial charge in [-0.15, -0.1) is 0 Å². The van der Waals surface area contributed by atoms with Gasteiger partial charge in [0.1, 0.15) is 37.8 Å². The van der Waals surface area contributed by atoms with Gasteiger partial charge in [-0.25, -0.2) is 0 Å². The molecule has 0 saturated carbocycles. The quantitative estimate of drug-likeness (QED) is 0.418. The van der Waals surface area contributed by atoms with Gasteiger partial charge in [0, 0.05) is 11.1 Å². The Balaban J connectivity index is 1.77. The van der Waals surface area contributed by atoms with E-state index in [-0.39, 0.29) is 5.78 Å². The molecule has 0 amide bonds. The maximum absolute atomic E-state index is 13.2. The van der Waals surface area contributed by atoms with Gasteiger partial charge in [0.25, 0.3) is 0 Å². The van der Waals surface area contributed by atoms with Crippen LogP contribution >= 0.6 is 23.2 Å². The molecule has 32 heavy (non-hydrogen) atoms. The van der Waals surface area contributed by atoms with Crippen LogP contribution in [0.2, 0.25) is 10.0 Å². The lowest BCUT2D eigenvalue weighted by atomic mass is 10.1. The summed E-state index contributed by atoms with van der Waals surface area (Å²) in [6.45, 7) is 15.7. The predicted octanol–water partition coefficient (Wildman–Crippen LogP) is 2.81. The number of fused-ring (bicyclic) bond motifs is 3. The maximum Gasteiger partial charge on any atom is 0.194 e. The molecule has 0 atom stereocenters. The fourth-order valence-electron chi connectivity index (χ4n) is 4.11. The van der Waals surface area contributed by atoms with Gasteiger partial charge < -0.3 is 19.3 Å². The fraction of sp³-hybridized carbons (Fsp3) is 0.480. The summed E-state index contributed by atoms with van der Waals surface area (Å²) in [5, 5.41) is 0.996. The number of carbonyl (C=O) groups is 1. The Bertz CT molecular complexity index is 881. The molecule has 0 radical (unpaired) electrons. The van der Waals surface area contributed by atoms with Crippen LogP contribution in [0.15, 0.2) is 24.3 Å². The van der Waals surface area contributed by atoms with Crippen molar-refractivity contribution in [1.82, 2.24) is 0 Å². The van der Waals surface area contributed by atoms with Crippen LogP contribution < -0.4 is 19.3 Å². The van der Waals surface area contributed by atoms with E-state index in [0.29, 0.717) is 45.9 Å². The maximum atomic E-state index is 13.2. The average Bonchev–Trinajstić information content (AvgIpc) is 3.04. The normalized spacial score (nSPS) is 12.4. The summed E-state index contributed by atoms with van der Waals surface area (Å²) in [4.78, 5) is 16.1. The molecule has 0 spiro atoms. The van der Waals surface area contributed by atoms with Crippen molar-refractivity contribution >= 4 is 29.0 Å². The zero-order valence-corrected chi connectivity index (χ0v) is 21.0. The zero-order valence-electron chi connectivity index (χ0n) is 19.4. The number of rotatable bonds is 12. The highest BCUT2D eigenvalue weighted by Crippen LogP contribution is 2.44. The predicted molar refractivity (Wildman–Crippen MR) is 130 cm³/mol. The Morgan fingerprint density at radius 1 is 0.656 bits per heavy atom. The van der Waals surface area contributed by atoms with E-state index in [1.54, 1.807) is 24.3 Å². The Morgan fingerprint density at radius 2 is 1.03 bits per heavy atom. The standard InChI is InChI=1S/C25H32Cl2N2O3/c1-5-28(6-2)9-11-31-23-15-19-17(13-21(23)26)18-14-22(27)24(16-20(18)25(19)30)32-12-10-29(7-3)8-4/h13-16H,5-12H2,1-4H3/p+2. The summed E-state index contributed by atoms with van der Waals surface area (Å²) in [5.41, 5.74) is 2.77. The number of nitrogens with one attached hydrogen (secondary N) is 2. The Labute approximate surface area is 201 Å². The molecule has 174 valence electrons. The fourth-order valence-corrected chi connectivity index (χ4v) is 4.55. The number of ketones is 1. The van der Waals surface area contributed by atoms with Crippen molar-refractivity contribution < 1.29 is 24.1 Å². The number of quaternary nitrogens is 2. The van der Waals surface area contributed by atoms with E-state index in [1.807, 2.05) is 0 Å². The first-order chi connectivity index (χ1) is 15.4. The third-order valence-electron chi connectivity index (χ3n) is 6.35. The third-order valence-corrected chi connectivity index (χ3v) is 6.94. The molecule has 7 heteroatoms. The minimum atomic E-state index is -0.0539. The number of hydrogen-bond acceptors (Lipinski definition) is 3. The summed E-state index contributed by atoms with van der Waals surface area (Å²) >= 11 is 13.0. The van der Waals surface area contributed by atoms with Gasteiger partial charge in [0.15, 0.2) is 5.78 Å². The monoisotopic (exact) mass is 480 g/mol. The lowest BCUT2D eigenvalue weighted by molar-refractivity contribution is -0.896. The van der Waals surface area contributed by atoms with Crippen molar-refractivity contribution in [3.8, 4) is 22.6 Å². The summed E-state index contributed by atoms with van der Waals surface area (Å²) in [6.07, 6.45) is 0. The number of benzene rings is 2. The Kier molecular flexibility index (Phi) is 8.83. The van der Waals surface area contributed by atoms with E-state index in [9.17, 15) is 4.79 Å². The molecular weight excluding hydrogens is 447 g/mol. The summed E-state index contributed by atoms with van der Waals surface area (Å²) in [6, 6.07) is 7.13. The van der Waals surface area contributed by atoms with Crippen LogP contribution in [0.1, 0.15) is 43.6 Å². The Hall–Kier alpha value is -1.79. The van der Waals surface area contributed by atoms with Gasteiger partial charge in [0.2, 0.25) is 0 Å². The van der Waals surface area contributed by atoms with E-state index in [2.05, 4.69) is 27.7 Å². The van der Waals surface area contributed by atoms with Gasteiger partial charge in [0.05, 0.1) is 36.2 Å². The minimum absolute atomic E-state index is 0.0539. The smallest absolute Gasteiger partial charge is 0.194 e.